The molecule has 0 bridgehead atoms. The van der Waals surface area contributed by atoms with Gasteiger partial charge in [0.05, 0.1) is 0 Å². The summed E-state index contributed by atoms with van der Waals surface area (Å²) in [5, 5.41) is 0. The molecular formula is AsBr3F6Te. The van der Waals surface area contributed by atoms with Gasteiger partial charge in [0.1, 0.15) is 0 Å². The van der Waals surface area contributed by atoms with Crippen LogP contribution in [0.4, 0.5) is 20.8 Å². The second-order valence-corrected chi connectivity index (χ2v) is 36.7. The van der Waals surface area contributed by atoms with Gasteiger partial charge < -0.3 is 0 Å². The fourth-order valence-corrected chi connectivity index (χ4v) is 0. The molecule has 0 atom stereocenters. The Labute approximate surface area is 84.9 Å². The molecule has 0 aromatic heterocycles. The molecule has 0 N–H and O–H groups in total. The summed E-state index contributed by atoms with van der Waals surface area (Å²) in [6.07, 6.45) is 0. The summed E-state index contributed by atoms with van der Waals surface area (Å²) in [7, 11) is 0. The van der Waals surface area contributed by atoms with Crippen molar-refractivity contribution >= 4 is 65.4 Å². The van der Waals surface area contributed by atoms with Crippen molar-refractivity contribution in [3.05, 3.63) is 0 Å². The molecule has 0 unspecified atom stereocenters. The predicted octanol–water partition coefficient (Wildman–Crippen LogP) is 4.30. The molecule has 0 aliphatic carbocycles. The second-order valence-electron chi connectivity index (χ2n) is 1.13. The van der Waals surface area contributed by atoms with Crippen molar-refractivity contribution in [1.29, 1.82) is 0 Å². The van der Waals surface area contributed by atoms with Crippen LogP contribution in [0, 0.1) is 0 Å². The summed E-state index contributed by atoms with van der Waals surface area (Å²) < 4.78 is 59.4. The van der Waals surface area contributed by atoms with E-state index >= 15 is 0 Å². The molecule has 74 valence electrons. The van der Waals surface area contributed by atoms with Crippen LogP contribution in [-0.2, 0) is 0 Å². The third-order valence-corrected chi connectivity index (χ3v) is 0. The minimum atomic E-state index is -11.1. The van der Waals surface area contributed by atoms with Crippen LogP contribution >= 0.6 is 38.3 Å². The standard InChI is InChI=1S/AsF6.Br3Te/c2-1(3,4,5,6)7;1-4(2)3/q-1;+1. The molecule has 0 saturated heterocycles. The van der Waals surface area contributed by atoms with E-state index in [1.807, 2.05) is 0 Å². The van der Waals surface area contributed by atoms with Crippen molar-refractivity contribution in [2.75, 3.05) is 0 Å². The third kappa shape index (κ3) is 237. The van der Waals surface area contributed by atoms with E-state index < -0.39 is 27.1 Å². The molecule has 0 heterocycles. The maximum absolute atomic E-state index is 11.1. The fourth-order valence-electron chi connectivity index (χ4n) is 0. The molecule has 0 rings (SSSR count). The third-order valence-electron chi connectivity index (χ3n) is 0. The first-order chi connectivity index (χ1) is 4.18. The molecule has 0 aromatic rings. The summed E-state index contributed by atoms with van der Waals surface area (Å²) in [4.78, 5) is 0. The molecule has 0 fully saturated rings. The Hall–Kier alpha value is 2.37. The normalized spacial score (nSPS) is 18.0. The quantitative estimate of drug-likeness (QED) is 0.309. The number of hydrogen-bond donors (Lipinski definition) is 0. The van der Waals surface area contributed by atoms with Crippen LogP contribution in [0.15, 0.2) is 0 Å². The van der Waals surface area contributed by atoms with E-state index in [1.165, 1.54) is 0 Å². The molecule has 0 saturated carbocycles. The summed E-state index contributed by atoms with van der Waals surface area (Å²) >= 11 is -2.16. The zero-order valence-electron chi connectivity index (χ0n) is 4.26. The van der Waals surface area contributed by atoms with E-state index in [0.717, 1.165) is 0 Å². The molecule has 0 nitrogen and oxygen atoms in total. The monoisotopic (exact) mass is 556 g/mol. The van der Waals surface area contributed by atoms with E-state index in [9.17, 15) is 20.8 Å². The first-order valence-electron chi connectivity index (χ1n) is 1.48. The van der Waals surface area contributed by atoms with Gasteiger partial charge in [0.15, 0.2) is 0 Å². The Morgan fingerprint density at radius 3 is 0.727 bits per heavy atom. The van der Waals surface area contributed by atoms with Crippen LogP contribution in [0.25, 0.3) is 0 Å². The Kier molecular flexibility index (Phi) is 5.54. The summed E-state index contributed by atoms with van der Waals surface area (Å²) in [6.45, 7) is 0. The van der Waals surface area contributed by atoms with Gasteiger partial charge in [-0.05, 0) is 0 Å². The van der Waals surface area contributed by atoms with Crippen LogP contribution in [-0.4, -0.2) is 27.1 Å². The minimum absolute atomic E-state index is 0.919. The predicted molar refractivity (Wildman–Crippen MR) is 44.9 cm³/mol. The molecule has 0 aromatic carbocycles. The van der Waals surface area contributed by atoms with Crippen LogP contribution < -0.4 is 0 Å². The molecule has 0 aliphatic rings. The van der Waals surface area contributed by atoms with Gasteiger partial charge >= 0.3 is 86.2 Å². The van der Waals surface area contributed by atoms with Gasteiger partial charge in [-0.1, -0.05) is 0 Å². The van der Waals surface area contributed by atoms with Crippen LogP contribution in [0.1, 0.15) is 0 Å². The molecule has 0 aliphatic heterocycles. The Balaban J connectivity index is 0. The van der Waals surface area contributed by atoms with Crippen LogP contribution in [0.3, 0.4) is 0 Å². The van der Waals surface area contributed by atoms with Crippen molar-refractivity contribution in [1.82, 2.24) is 0 Å². The maximum atomic E-state index is 9.91. The van der Waals surface area contributed by atoms with Gasteiger partial charge in [-0.2, -0.15) is 0 Å². The van der Waals surface area contributed by atoms with E-state index in [-0.39, 0.29) is 0 Å². The van der Waals surface area contributed by atoms with Crippen molar-refractivity contribution in [2.45, 2.75) is 0 Å². The first-order valence-corrected chi connectivity index (χ1v) is 21.4. The average molecular weight is 556 g/mol. The number of rotatable bonds is 0. The molecular weight excluding hydrogens is 556 g/mol. The Morgan fingerprint density at radius 1 is 0.727 bits per heavy atom. The molecule has 0 spiro atoms. The first kappa shape index (κ1) is 15.8. The second kappa shape index (κ2) is 3.85. The van der Waals surface area contributed by atoms with Crippen molar-refractivity contribution < 1.29 is 20.8 Å². The van der Waals surface area contributed by atoms with Crippen molar-refractivity contribution in [2.24, 2.45) is 0 Å². The Bertz CT molecular complexity index is 105. The molecule has 11 heteroatoms. The molecule has 11 heavy (non-hydrogen) atoms. The molecule has 0 radical (unpaired) electrons. The zero-order valence-corrected chi connectivity index (χ0v) is 13.2. The van der Waals surface area contributed by atoms with Gasteiger partial charge in [-0.15, -0.1) is 0 Å². The van der Waals surface area contributed by atoms with Gasteiger partial charge in [-0.3, -0.25) is 0 Å². The summed E-state index contributed by atoms with van der Waals surface area (Å²) in [5.74, 6) is 0. The van der Waals surface area contributed by atoms with Gasteiger partial charge in [0.25, 0.3) is 0 Å². The Morgan fingerprint density at radius 2 is 0.727 bits per heavy atom. The molecule has 0 amide bonds. The van der Waals surface area contributed by atoms with Gasteiger partial charge in [0.2, 0.25) is 0 Å². The van der Waals surface area contributed by atoms with Crippen LogP contribution in [0.5, 0.6) is 0 Å². The summed E-state index contributed by atoms with van der Waals surface area (Å²) in [5.41, 5.74) is 0. The van der Waals surface area contributed by atoms with Crippen LogP contribution in [0.2, 0.25) is 0 Å². The van der Waals surface area contributed by atoms with Gasteiger partial charge in [0, 0.05) is 0 Å². The van der Waals surface area contributed by atoms with E-state index in [0.29, 0.717) is 0 Å². The SMILES string of the molecule is Br[Te+](Br)Br.F[As-](F)(F)(F)(F)F. The zero-order chi connectivity index (χ0) is 9.99. The van der Waals surface area contributed by atoms with Crippen molar-refractivity contribution in [3.63, 3.8) is 0 Å². The summed E-state index contributed by atoms with van der Waals surface area (Å²) in [6, 6.07) is 0. The average Bonchev–Trinajstić information content (AvgIpc) is 1.11. The van der Waals surface area contributed by atoms with Crippen molar-refractivity contribution in [3.8, 4) is 0 Å². The number of hydrogen-bond acceptors (Lipinski definition) is 0. The van der Waals surface area contributed by atoms with Gasteiger partial charge in [-0.25, -0.2) is 0 Å². The van der Waals surface area contributed by atoms with E-state index in [4.69, 9.17) is 0 Å². The van der Waals surface area contributed by atoms with E-state index in [1.54, 1.807) is 0 Å². The topological polar surface area (TPSA) is 0 Å². The number of halogens is 9. The fraction of sp³-hybridized carbons (Fsp3) is 0. The van der Waals surface area contributed by atoms with E-state index in [2.05, 4.69) is 38.3 Å².